The minimum absolute atomic E-state index is 0. The molecule has 0 aliphatic carbocycles. The van der Waals surface area contributed by atoms with Crippen LogP contribution in [-0.2, 0) is 10.1 Å². The Labute approximate surface area is 218 Å². The van der Waals surface area contributed by atoms with Gasteiger partial charge in [-0.25, -0.2) is 8.42 Å². The van der Waals surface area contributed by atoms with Crippen molar-refractivity contribution in [2.45, 2.75) is 134 Å². The topological polar surface area (TPSA) is 77.4 Å². The fourth-order valence-electron chi connectivity index (χ4n) is 3.66. The van der Waals surface area contributed by atoms with E-state index in [0.717, 1.165) is 51.4 Å². The van der Waals surface area contributed by atoms with Gasteiger partial charge in [0, 0.05) is 11.9 Å². The van der Waals surface area contributed by atoms with Crippen LogP contribution in [0.15, 0.2) is 0 Å². The van der Waals surface area contributed by atoms with Crippen molar-refractivity contribution in [3.8, 4) is 0 Å². The summed E-state index contributed by atoms with van der Waals surface area (Å²) >= 11 is 0. The number of aliphatic hydroxyl groups is 1. The monoisotopic (exact) mass is 444 g/mol. The van der Waals surface area contributed by atoms with Gasteiger partial charge in [-0.05, 0) is 19.3 Å². The second-order valence-corrected chi connectivity index (χ2v) is 9.72. The largest absolute Gasteiger partial charge is 1.00 e. The van der Waals surface area contributed by atoms with E-state index >= 15 is 0 Å². The average molecular weight is 445 g/mol. The van der Waals surface area contributed by atoms with Crippen molar-refractivity contribution < 1.29 is 69.5 Å². The summed E-state index contributed by atoms with van der Waals surface area (Å²) in [5.41, 5.74) is 0. The smallest absolute Gasteiger partial charge is 0.748 e. The van der Waals surface area contributed by atoms with Gasteiger partial charge >= 0.3 is 51.4 Å². The number of hydrogen-bond acceptors (Lipinski definition) is 4. The molecule has 0 rings (SSSR count). The molecular weight excluding hydrogens is 399 g/mol. The van der Waals surface area contributed by atoms with Crippen LogP contribution >= 0.6 is 0 Å². The van der Waals surface area contributed by atoms with E-state index in [2.05, 4.69) is 6.92 Å². The van der Waals surface area contributed by atoms with Gasteiger partial charge in [-0.2, -0.15) is 0 Å². The van der Waals surface area contributed by atoms with E-state index in [1.165, 1.54) is 57.8 Å². The summed E-state index contributed by atoms with van der Waals surface area (Å²) in [4.78, 5) is 0. The van der Waals surface area contributed by atoms with Crippen molar-refractivity contribution in [2.75, 3.05) is 6.61 Å². The van der Waals surface area contributed by atoms with Crippen LogP contribution in [0, 0.1) is 0 Å². The molecule has 0 fully saturated rings. The Hall–Kier alpha value is 1.51. The fourth-order valence-corrected chi connectivity index (χ4v) is 4.57. The van der Waals surface area contributed by atoms with Crippen LogP contribution in [-0.4, -0.2) is 29.9 Å². The molecule has 164 valence electrons. The summed E-state index contributed by atoms with van der Waals surface area (Å²) < 4.78 is 34.4. The van der Waals surface area contributed by atoms with E-state index in [0.29, 0.717) is 19.4 Å². The first-order chi connectivity index (χ1) is 13.0. The zero-order valence-electron chi connectivity index (χ0n) is 18.8. The van der Waals surface area contributed by atoms with Gasteiger partial charge < -0.3 is 9.66 Å². The van der Waals surface area contributed by atoms with Gasteiger partial charge in [0.15, 0.2) is 0 Å². The van der Waals surface area contributed by atoms with Crippen molar-refractivity contribution in [2.24, 2.45) is 0 Å². The van der Waals surface area contributed by atoms with Crippen molar-refractivity contribution >= 4 is 10.1 Å². The molecule has 28 heavy (non-hydrogen) atoms. The second-order valence-electron chi connectivity index (χ2n) is 8.07. The van der Waals surface area contributed by atoms with E-state index < -0.39 is 15.4 Å². The van der Waals surface area contributed by atoms with Gasteiger partial charge in [-0.3, -0.25) is 0 Å². The van der Waals surface area contributed by atoms with Crippen molar-refractivity contribution in [3.63, 3.8) is 0 Å². The molecule has 0 aromatic carbocycles. The molecule has 0 spiro atoms. The van der Waals surface area contributed by atoms with Gasteiger partial charge in [0.1, 0.15) is 0 Å². The average Bonchev–Trinajstić information content (AvgIpc) is 2.62. The van der Waals surface area contributed by atoms with Crippen molar-refractivity contribution in [3.05, 3.63) is 0 Å². The minimum Gasteiger partial charge on any atom is -0.748 e. The number of aliphatic hydroxyl groups excluding tert-OH is 1. The first-order valence-corrected chi connectivity index (χ1v) is 13.0. The van der Waals surface area contributed by atoms with Crippen LogP contribution in [0.2, 0.25) is 0 Å². The molecule has 4 nitrogen and oxygen atoms in total. The first-order valence-electron chi connectivity index (χ1n) is 11.6. The summed E-state index contributed by atoms with van der Waals surface area (Å²) in [6, 6.07) is 0. The molecule has 0 saturated carbocycles. The maximum Gasteiger partial charge on any atom is 1.00 e. The second kappa shape index (κ2) is 23.2. The van der Waals surface area contributed by atoms with E-state index in [-0.39, 0.29) is 51.4 Å². The molecular formula is C22H45KO4S. The van der Waals surface area contributed by atoms with Gasteiger partial charge in [-0.1, -0.05) is 110 Å². The number of unbranched alkanes of at least 4 members (excludes halogenated alkanes) is 15. The molecule has 0 bridgehead atoms. The Morgan fingerprint density at radius 2 is 0.964 bits per heavy atom. The molecule has 0 radical (unpaired) electrons. The van der Waals surface area contributed by atoms with Crippen LogP contribution in [0.1, 0.15) is 129 Å². The number of hydrogen-bond donors (Lipinski definition) is 1. The SMILES string of the molecule is CCCCCCCCC(CCCCCCCCCCCCCO)S(=O)(=O)[O-].[K+]. The minimum atomic E-state index is -4.14. The predicted molar refractivity (Wildman–Crippen MR) is 114 cm³/mol. The van der Waals surface area contributed by atoms with Crippen molar-refractivity contribution in [1.82, 2.24) is 0 Å². The molecule has 1 N–H and O–H groups in total. The van der Waals surface area contributed by atoms with Crippen LogP contribution in [0.3, 0.4) is 0 Å². The quantitative estimate of drug-likeness (QED) is 0.167. The maximum atomic E-state index is 11.5. The zero-order valence-corrected chi connectivity index (χ0v) is 22.7. The van der Waals surface area contributed by atoms with Gasteiger partial charge in [0.2, 0.25) is 0 Å². The van der Waals surface area contributed by atoms with Gasteiger partial charge in [-0.15, -0.1) is 0 Å². The molecule has 0 heterocycles. The Kier molecular flexibility index (Phi) is 26.2. The molecule has 0 amide bonds. The maximum absolute atomic E-state index is 11.5. The molecule has 0 aliphatic heterocycles. The summed E-state index contributed by atoms with van der Waals surface area (Å²) in [6.45, 7) is 2.49. The molecule has 0 aromatic heterocycles. The standard InChI is InChI=1S/C22H46O4S.K/c1-2-3-4-5-13-16-19-22(27(24,25)26)20-17-14-11-9-7-6-8-10-12-15-18-21-23;/h22-23H,2-21H2,1H3,(H,24,25,26);/q;+1/p-1. The molecule has 6 heteroatoms. The van der Waals surface area contributed by atoms with E-state index in [1.54, 1.807) is 0 Å². The number of rotatable bonds is 21. The summed E-state index contributed by atoms with van der Waals surface area (Å²) in [5.74, 6) is 0. The molecule has 0 aromatic rings. The summed E-state index contributed by atoms with van der Waals surface area (Å²) in [6.07, 6.45) is 20.5. The van der Waals surface area contributed by atoms with Crippen LogP contribution in [0.25, 0.3) is 0 Å². The van der Waals surface area contributed by atoms with E-state index in [4.69, 9.17) is 5.11 Å². The first kappa shape index (κ1) is 31.7. The Balaban J connectivity index is 0. The Morgan fingerprint density at radius 1 is 0.643 bits per heavy atom. The fraction of sp³-hybridized carbons (Fsp3) is 1.00. The summed E-state index contributed by atoms with van der Waals surface area (Å²) in [7, 11) is -4.14. The third-order valence-corrected chi connectivity index (χ3v) is 6.76. The Morgan fingerprint density at radius 3 is 1.29 bits per heavy atom. The van der Waals surface area contributed by atoms with Crippen LogP contribution in [0.5, 0.6) is 0 Å². The van der Waals surface area contributed by atoms with Gasteiger partial charge in [0.25, 0.3) is 0 Å². The molecule has 0 aliphatic rings. The third kappa shape index (κ3) is 22.2. The molecule has 0 saturated heterocycles. The molecule has 1 unspecified atom stereocenters. The normalized spacial score (nSPS) is 12.7. The van der Waals surface area contributed by atoms with Gasteiger partial charge in [0.05, 0.1) is 10.1 Å². The zero-order chi connectivity index (χ0) is 20.2. The van der Waals surface area contributed by atoms with E-state index in [9.17, 15) is 13.0 Å². The van der Waals surface area contributed by atoms with E-state index in [1.807, 2.05) is 0 Å². The molecule has 1 atom stereocenters. The predicted octanol–water partition coefficient (Wildman–Crippen LogP) is 3.33. The van der Waals surface area contributed by atoms with Crippen molar-refractivity contribution in [1.29, 1.82) is 0 Å². The third-order valence-electron chi connectivity index (χ3n) is 5.47. The van der Waals surface area contributed by atoms with Crippen LogP contribution in [0.4, 0.5) is 0 Å². The van der Waals surface area contributed by atoms with Crippen LogP contribution < -0.4 is 51.4 Å². The Bertz CT molecular complexity index is 401. The summed E-state index contributed by atoms with van der Waals surface area (Å²) in [5, 5.41) is 8.06.